The van der Waals surface area contributed by atoms with Crippen LogP contribution in [0.4, 0.5) is 5.82 Å². The molecule has 2 aliphatic carbocycles. The summed E-state index contributed by atoms with van der Waals surface area (Å²) in [6, 6.07) is 4.63. The Hall–Kier alpha value is -1.89. The van der Waals surface area contributed by atoms with E-state index in [-0.39, 0.29) is 5.69 Å². The van der Waals surface area contributed by atoms with E-state index in [2.05, 4.69) is 25.1 Å². The number of aromatic amines is 1. The molecule has 7 nitrogen and oxygen atoms in total. The average Bonchev–Trinajstić information content (AvgIpc) is 3.31. The van der Waals surface area contributed by atoms with Crippen LogP contribution in [-0.4, -0.2) is 56.9 Å². The maximum atomic E-state index is 11.7. The summed E-state index contributed by atoms with van der Waals surface area (Å²) in [5, 5.41) is 10.8. The summed E-state index contributed by atoms with van der Waals surface area (Å²) in [5.74, 6) is 2.82. The standard InChI is InChI=1S/C16H22N6O/c23-16-18-17-14-3-4-15(19-22(14)16)21-7-5-20(6-8-21)13-10-11-1-2-12(13)9-11/h3-4,11-13H,1-2,5-10H2,(H,18,23). The Morgan fingerprint density at radius 2 is 1.96 bits per heavy atom. The zero-order valence-corrected chi connectivity index (χ0v) is 13.2. The molecule has 3 heterocycles. The van der Waals surface area contributed by atoms with Crippen molar-refractivity contribution in [2.24, 2.45) is 11.8 Å². The summed E-state index contributed by atoms with van der Waals surface area (Å²) in [6.45, 7) is 4.18. The lowest BCUT2D eigenvalue weighted by Crippen LogP contribution is -2.52. The van der Waals surface area contributed by atoms with Crippen molar-refractivity contribution >= 4 is 11.5 Å². The number of H-pyrrole nitrogens is 1. The third-order valence-electron chi connectivity index (χ3n) is 6.07. The molecule has 2 bridgehead atoms. The second kappa shape index (κ2) is 5.06. The van der Waals surface area contributed by atoms with Crippen LogP contribution in [0.5, 0.6) is 0 Å². The molecule has 2 aromatic heterocycles. The van der Waals surface area contributed by atoms with Crippen LogP contribution in [-0.2, 0) is 0 Å². The smallest absolute Gasteiger partial charge is 0.353 e. The van der Waals surface area contributed by atoms with E-state index >= 15 is 0 Å². The third-order valence-corrected chi connectivity index (χ3v) is 6.07. The lowest BCUT2D eigenvalue weighted by atomic mass is 9.93. The number of fused-ring (bicyclic) bond motifs is 3. The van der Waals surface area contributed by atoms with Crippen molar-refractivity contribution in [3.63, 3.8) is 0 Å². The molecule has 0 aromatic carbocycles. The largest absolute Gasteiger partial charge is 0.364 e. The third kappa shape index (κ3) is 2.17. The zero-order chi connectivity index (χ0) is 15.4. The van der Waals surface area contributed by atoms with E-state index in [0.29, 0.717) is 5.65 Å². The number of rotatable bonds is 2. The Labute approximate surface area is 134 Å². The summed E-state index contributed by atoms with van der Waals surface area (Å²) >= 11 is 0. The van der Waals surface area contributed by atoms with Gasteiger partial charge in [0.05, 0.1) is 0 Å². The van der Waals surface area contributed by atoms with Gasteiger partial charge in [-0.15, -0.1) is 5.10 Å². The number of nitrogens with one attached hydrogen (secondary N) is 1. The minimum Gasteiger partial charge on any atom is -0.353 e. The monoisotopic (exact) mass is 314 g/mol. The highest BCUT2D eigenvalue weighted by atomic mass is 16.2. The number of nitrogens with zero attached hydrogens (tertiary/aromatic N) is 5. The Kier molecular flexibility index (Phi) is 2.98. The van der Waals surface area contributed by atoms with E-state index in [9.17, 15) is 4.79 Å². The van der Waals surface area contributed by atoms with Crippen molar-refractivity contribution in [3.8, 4) is 0 Å². The molecule has 5 rings (SSSR count). The van der Waals surface area contributed by atoms with Crippen LogP contribution in [0.2, 0.25) is 0 Å². The molecule has 122 valence electrons. The van der Waals surface area contributed by atoms with Crippen LogP contribution in [0.15, 0.2) is 16.9 Å². The van der Waals surface area contributed by atoms with Crippen LogP contribution in [0.25, 0.3) is 5.65 Å². The minimum absolute atomic E-state index is 0.275. The van der Waals surface area contributed by atoms with Crippen molar-refractivity contribution in [3.05, 3.63) is 22.6 Å². The molecule has 2 saturated carbocycles. The molecule has 1 saturated heterocycles. The zero-order valence-electron chi connectivity index (χ0n) is 13.2. The van der Waals surface area contributed by atoms with Crippen molar-refractivity contribution in [1.82, 2.24) is 24.7 Å². The summed E-state index contributed by atoms with van der Waals surface area (Å²) < 4.78 is 1.34. The SMILES string of the molecule is O=c1[nH]nc2ccc(N3CCN(C4CC5CCC4C5)CC3)nn12. The summed E-state index contributed by atoms with van der Waals surface area (Å²) in [6.07, 6.45) is 5.79. The molecule has 0 radical (unpaired) electrons. The number of anilines is 1. The van der Waals surface area contributed by atoms with Gasteiger partial charge in [0.1, 0.15) is 5.82 Å². The van der Waals surface area contributed by atoms with Crippen molar-refractivity contribution < 1.29 is 0 Å². The number of aromatic nitrogens is 4. The molecular formula is C16H22N6O. The quantitative estimate of drug-likeness (QED) is 0.885. The summed E-state index contributed by atoms with van der Waals surface area (Å²) in [5.41, 5.74) is 0.293. The number of hydrogen-bond donors (Lipinski definition) is 1. The van der Waals surface area contributed by atoms with Crippen LogP contribution >= 0.6 is 0 Å². The molecule has 3 atom stereocenters. The minimum atomic E-state index is -0.275. The van der Waals surface area contributed by atoms with Gasteiger partial charge >= 0.3 is 5.69 Å². The van der Waals surface area contributed by atoms with E-state index in [4.69, 9.17) is 0 Å². The Balaban J connectivity index is 1.30. The van der Waals surface area contributed by atoms with Crippen LogP contribution in [0.3, 0.4) is 0 Å². The highest BCUT2D eigenvalue weighted by Gasteiger charge is 2.42. The first-order valence-corrected chi connectivity index (χ1v) is 8.71. The second-order valence-electron chi connectivity index (χ2n) is 7.26. The normalized spacial score (nSPS) is 31.3. The molecule has 1 aliphatic heterocycles. The van der Waals surface area contributed by atoms with E-state index in [0.717, 1.165) is 49.9 Å². The van der Waals surface area contributed by atoms with Gasteiger partial charge in [-0.2, -0.15) is 9.61 Å². The molecule has 3 aliphatic rings. The lowest BCUT2D eigenvalue weighted by Gasteiger charge is -2.41. The van der Waals surface area contributed by atoms with Gasteiger partial charge < -0.3 is 4.90 Å². The molecular weight excluding hydrogens is 292 g/mol. The first-order valence-electron chi connectivity index (χ1n) is 8.71. The number of piperazine rings is 1. The van der Waals surface area contributed by atoms with Gasteiger partial charge in [0.25, 0.3) is 0 Å². The van der Waals surface area contributed by atoms with Crippen LogP contribution < -0.4 is 10.6 Å². The highest BCUT2D eigenvalue weighted by Crippen LogP contribution is 2.46. The molecule has 3 fully saturated rings. The molecule has 0 spiro atoms. The van der Waals surface area contributed by atoms with Gasteiger partial charge in [-0.05, 0) is 43.2 Å². The maximum absolute atomic E-state index is 11.7. The molecule has 2 aromatic rings. The molecule has 23 heavy (non-hydrogen) atoms. The van der Waals surface area contributed by atoms with E-state index < -0.39 is 0 Å². The van der Waals surface area contributed by atoms with Crippen molar-refractivity contribution in [2.45, 2.75) is 31.7 Å². The van der Waals surface area contributed by atoms with Crippen LogP contribution in [0.1, 0.15) is 25.7 Å². The lowest BCUT2D eigenvalue weighted by molar-refractivity contribution is 0.134. The van der Waals surface area contributed by atoms with Crippen molar-refractivity contribution in [2.75, 3.05) is 31.1 Å². The number of hydrogen-bond acceptors (Lipinski definition) is 5. The summed E-state index contributed by atoms with van der Waals surface area (Å²) in [7, 11) is 0. The second-order valence-corrected chi connectivity index (χ2v) is 7.26. The Bertz CT molecular complexity index is 774. The first-order chi connectivity index (χ1) is 11.3. The molecule has 1 N–H and O–H groups in total. The van der Waals surface area contributed by atoms with Gasteiger partial charge in [-0.25, -0.2) is 9.89 Å². The summed E-state index contributed by atoms with van der Waals surface area (Å²) in [4.78, 5) is 16.6. The van der Waals surface area contributed by atoms with E-state index in [1.54, 1.807) is 0 Å². The fraction of sp³-hybridized carbons (Fsp3) is 0.688. The van der Waals surface area contributed by atoms with Gasteiger partial charge in [0.2, 0.25) is 0 Å². The predicted molar refractivity (Wildman–Crippen MR) is 86.6 cm³/mol. The van der Waals surface area contributed by atoms with Gasteiger partial charge in [0, 0.05) is 32.2 Å². The molecule has 3 unspecified atom stereocenters. The van der Waals surface area contributed by atoms with Gasteiger partial charge in [-0.1, -0.05) is 6.42 Å². The maximum Gasteiger partial charge on any atom is 0.364 e. The first kappa shape index (κ1) is 13.5. The topological polar surface area (TPSA) is 69.5 Å². The van der Waals surface area contributed by atoms with Crippen molar-refractivity contribution in [1.29, 1.82) is 0 Å². The van der Waals surface area contributed by atoms with E-state index in [1.807, 2.05) is 12.1 Å². The Morgan fingerprint density at radius 3 is 2.70 bits per heavy atom. The fourth-order valence-electron chi connectivity index (χ4n) is 4.90. The average molecular weight is 314 g/mol. The Morgan fingerprint density at radius 1 is 1.09 bits per heavy atom. The molecule has 7 heteroatoms. The fourth-order valence-corrected chi connectivity index (χ4v) is 4.90. The molecule has 0 amide bonds. The van der Waals surface area contributed by atoms with E-state index in [1.165, 1.54) is 30.2 Å². The highest BCUT2D eigenvalue weighted by molar-refractivity contribution is 5.45. The predicted octanol–water partition coefficient (Wildman–Crippen LogP) is 0.728. The van der Waals surface area contributed by atoms with Gasteiger partial charge in [-0.3, -0.25) is 4.90 Å². The van der Waals surface area contributed by atoms with Crippen LogP contribution in [0, 0.1) is 11.8 Å². The van der Waals surface area contributed by atoms with Gasteiger partial charge in [0.15, 0.2) is 5.65 Å².